The van der Waals surface area contributed by atoms with Crippen LogP contribution in [-0.2, 0) is 0 Å². The van der Waals surface area contributed by atoms with Crippen molar-refractivity contribution in [1.82, 2.24) is 0 Å². The molecule has 0 heterocycles. The van der Waals surface area contributed by atoms with Gasteiger partial charge in [0.1, 0.15) is 0 Å². The maximum atomic E-state index is 11.0. The lowest BCUT2D eigenvalue weighted by Gasteiger charge is -2.19. The Morgan fingerprint density at radius 1 is 1.50 bits per heavy atom. The summed E-state index contributed by atoms with van der Waals surface area (Å²) >= 11 is 0. The first-order valence-corrected chi connectivity index (χ1v) is 4.47. The molecule has 4 nitrogen and oxygen atoms in total. The summed E-state index contributed by atoms with van der Waals surface area (Å²) in [6, 6.07) is 5.27. The molecule has 4 heteroatoms. The molecule has 14 heavy (non-hydrogen) atoms. The quantitative estimate of drug-likeness (QED) is 0.698. The largest absolute Gasteiger partial charge is 0.396 e. The number of primary amides is 1. The summed E-state index contributed by atoms with van der Waals surface area (Å²) in [7, 11) is 1.91. The van der Waals surface area contributed by atoms with Gasteiger partial charge in [-0.3, -0.25) is 4.79 Å². The minimum absolute atomic E-state index is 0.378. The molecule has 1 aromatic rings. The van der Waals surface area contributed by atoms with Crippen molar-refractivity contribution in [3.8, 4) is 0 Å². The highest BCUT2D eigenvalue weighted by Gasteiger charge is 2.10. The van der Waals surface area contributed by atoms with E-state index < -0.39 is 5.91 Å². The van der Waals surface area contributed by atoms with Gasteiger partial charge < -0.3 is 16.4 Å². The van der Waals surface area contributed by atoms with Crippen LogP contribution in [0.3, 0.4) is 0 Å². The second kappa shape index (κ2) is 4.00. The van der Waals surface area contributed by atoms with Gasteiger partial charge in [-0.1, -0.05) is 6.07 Å². The van der Waals surface area contributed by atoms with Crippen molar-refractivity contribution < 1.29 is 4.79 Å². The van der Waals surface area contributed by atoms with Crippen LogP contribution in [0.4, 0.5) is 11.4 Å². The summed E-state index contributed by atoms with van der Waals surface area (Å²) < 4.78 is 0. The molecular weight excluding hydrogens is 178 g/mol. The molecule has 0 aliphatic heterocycles. The third-order valence-corrected chi connectivity index (χ3v) is 2.23. The number of rotatable bonds is 3. The van der Waals surface area contributed by atoms with Gasteiger partial charge in [0.05, 0.1) is 16.9 Å². The van der Waals surface area contributed by atoms with Crippen molar-refractivity contribution in [3.05, 3.63) is 23.8 Å². The van der Waals surface area contributed by atoms with Crippen LogP contribution in [0.1, 0.15) is 17.3 Å². The van der Waals surface area contributed by atoms with Gasteiger partial charge in [0.2, 0.25) is 0 Å². The van der Waals surface area contributed by atoms with Gasteiger partial charge in [-0.05, 0) is 19.1 Å². The Morgan fingerprint density at radius 2 is 2.14 bits per heavy atom. The lowest BCUT2D eigenvalue weighted by molar-refractivity contribution is 0.100. The summed E-state index contributed by atoms with van der Waals surface area (Å²) in [5.41, 5.74) is 12.7. The summed E-state index contributed by atoms with van der Waals surface area (Å²) in [4.78, 5) is 13.0. The topological polar surface area (TPSA) is 72.3 Å². The van der Waals surface area contributed by atoms with E-state index in [0.29, 0.717) is 11.3 Å². The molecule has 0 unspecified atom stereocenters. The van der Waals surface area contributed by atoms with E-state index in [0.717, 1.165) is 12.2 Å². The molecule has 0 aliphatic rings. The van der Waals surface area contributed by atoms with Gasteiger partial charge in [-0.15, -0.1) is 0 Å². The van der Waals surface area contributed by atoms with Gasteiger partial charge in [0, 0.05) is 13.6 Å². The van der Waals surface area contributed by atoms with Crippen LogP contribution < -0.4 is 16.4 Å². The summed E-state index contributed by atoms with van der Waals surface area (Å²) in [5, 5.41) is 0. The SMILES string of the molecule is CCN(C)c1cccc(C(N)=O)c1N. The third-order valence-electron chi connectivity index (χ3n) is 2.23. The zero-order chi connectivity index (χ0) is 10.7. The van der Waals surface area contributed by atoms with Crippen LogP contribution in [0.2, 0.25) is 0 Å². The van der Waals surface area contributed by atoms with Crippen molar-refractivity contribution in [3.63, 3.8) is 0 Å². The first kappa shape index (κ1) is 10.4. The van der Waals surface area contributed by atoms with Crippen molar-refractivity contribution in [1.29, 1.82) is 0 Å². The molecule has 0 atom stereocenters. The number of carbonyl (C=O) groups excluding carboxylic acids is 1. The van der Waals surface area contributed by atoms with Crippen LogP contribution in [0.25, 0.3) is 0 Å². The Morgan fingerprint density at radius 3 is 2.64 bits per heavy atom. The van der Waals surface area contributed by atoms with Gasteiger partial charge in [-0.2, -0.15) is 0 Å². The second-order valence-corrected chi connectivity index (χ2v) is 3.12. The molecular formula is C10H15N3O. The van der Waals surface area contributed by atoms with E-state index in [1.54, 1.807) is 12.1 Å². The van der Waals surface area contributed by atoms with Crippen LogP contribution in [0.5, 0.6) is 0 Å². The van der Waals surface area contributed by atoms with Gasteiger partial charge in [0.15, 0.2) is 0 Å². The van der Waals surface area contributed by atoms with Crippen LogP contribution in [-0.4, -0.2) is 19.5 Å². The zero-order valence-corrected chi connectivity index (χ0v) is 8.45. The fourth-order valence-electron chi connectivity index (χ4n) is 1.27. The maximum absolute atomic E-state index is 11.0. The number of nitrogens with zero attached hydrogens (tertiary/aromatic N) is 1. The number of hydrogen-bond donors (Lipinski definition) is 2. The average molecular weight is 193 g/mol. The molecule has 0 fully saturated rings. The van der Waals surface area contributed by atoms with Gasteiger partial charge in [-0.25, -0.2) is 0 Å². The lowest BCUT2D eigenvalue weighted by Crippen LogP contribution is -2.20. The van der Waals surface area contributed by atoms with Crippen LogP contribution in [0.15, 0.2) is 18.2 Å². The van der Waals surface area contributed by atoms with Crippen molar-refractivity contribution in [2.75, 3.05) is 24.2 Å². The minimum Gasteiger partial charge on any atom is -0.396 e. The number of benzene rings is 1. The predicted octanol–water partition coefficient (Wildman–Crippen LogP) is 0.824. The number of carbonyl (C=O) groups is 1. The second-order valence-electron chi connectivity index (χ2n) is 3.12. The highest BCUT2D eigenvalue weighted by atomic mass is 16.1. The number of nitrogens with two attached hydrogens (primary N) is 2. The van der Waals surface area contributed by atoms with Gasteiger partial charge >= 0.3 is 0 Å². The molecule has 1 aromatic carbocycles. The molecule has 0 spiro atoms. The standard InChI is InChI=1S/C10H15N3O/c1-3-13(2)8-6-4-5-7(9(8)11)10(12)14/h4-6H,3,11H2,1-2H3,(H2,12,14). The Hall–Kier alpha value is -1.71. The molecule has 0 bridgehead atoms. The molecule has 0 saturated carbocycles. The number of hydrogen-bond acceptors (Lipinski definition) is 3. The van der Waals surface area contributed by atoms with E-state index in [1.165, 1.54) is 0 Å². The van der Waals surface area contributed by atoms with E-state index in [4.69, 9.17) is 11.5 Å². The molecule has 1 rings (SSSR count). The van der Waals surface area contributed by atoms with E-state index in [1.807, 2.05) is 24.9 Å². The molecule has 1 amide bonds. The Kier molecular flexibility index (Phi) is 2.96. The van der Waals surface area contributed by atoms with E-state index in [-0.39, 0.29) is 0 Å². The van der Waals surface area contributed by atoms with Crippen molar-refractivity contribution >= 4 is 17.3 Å². The summed E-state index contributed by atoms with van der Waals surface area (Å²) in [6.45, 7) is 2.84. The van der Waals surface area contributed by atoms with Crippen molar-refractivity contribution in [2.45, 2.75) is 6.92 Å². The minimum atomic E-state index is -0.492. The molecule has 76 valence electrons. The Bertz CT molecular complexity index is 349. The Balaban J connectivity index is 3.20. The first-order chi connectivity index (χ1) is 6.57. The fraction of sp³-hybridized carbons (Fsp3) is 0.300. The van der Waals surface area contributed by atoms with E-state index in [9.17, 15) is 4.79 Å². The normalized spacial score (nSPS) is 9.86. The molecule has 0 aromatic heterocycles. The molecule has 0 aliphatic carbocycles. The summed E-state index contributed by atoms with van der Waals surface area (Å²) in [5.74, 6) is -0.492. The Labute approximate surface area is 83.5 Å². The van der Waals surface area contributed by atoms with Crippen LogP contribution in [0, 0.1) is 0 Å². The van der Waals surface area contributed by atoms with Crippen molar-refractivity contribution in [2.24, 2.45) is 5.73 Å². The third kappa shape index (κ3) is 1.79. The summed E-state index contributed by atoms with van der Waals surface area (Å²) in [6.07, 6.45) is 0. The maximum Gasteiger partial charge on any atom is 0.250 e. The van der Waals surface area contributed by atoms with E-state index >= 15 is 0 Å². The average Bonchev–Trinajstić information content (AvgIpc) is 2.16. The molecule has 0 saturated heterocycles. The smallest absolute Gasteiger partial charge is 0.250 e. The lowest BCUT2D eigenvalue weighted by atomic mass is 10.1. The predicted molar refractivity (Wildman–Crippen MR) is 58.3 cm³/mol. The number of amides is 1. The monoisotopic (exact) mass is 193 g/mol. The highest BCUT2D eigenvalue weighted by molar-refractivity contribution is 6.00. The van der Waals surface area contributed by atoms with E-state index in [2.05, 4.69) is 0 Å². The fourth-order valence-corrected chi connectivity index (χ4v) is 1.27. The number of anilines is 2. The molecule has 0 radical (unpaired) electrons. The number of nitrogen functional groups attached to an aromatic ring is 1. The number of para-hydroxylation sites is 1. The first-order valence-electron chi connectivity index (χ1n) is 4.47. The van der Waals surface area contributed by atoms with Gasteiger partial charge in [0.25, 0.3) is 5.91 Å². The molecule has 4 N–H and O–H groups in total. The highest BCUT2D eigenvalue weighted by Crippen LogP contribution is 2.25. The van der Waals surface area contributed by atoms with Crippen LogP contribution >= 0.6 is 0 Å². The zero-order valence-electron chi connectivity index (χ0n) is 8.45.